The third-order valence-electron chi connectivity index (χ3n) is 6.93. The van der Waals surface area contributed by atoms with Gasteiger partial charge >= 0.3 is 6.18 Å². The molecule has 1 fully saturated rings. The second kappa shape index (κ2) is 8.62. The highest BCUT2D eigenvalue weighted by Gasteiger charge is 2.55. The molecule has 0 saturated heterocycles. The van der Waals surface area contributed by atoms with Gasteiger partial charge in [-0.3, -0.25) is 14.6 Å². The number of nitrogens with zero attached hydrogens (tertiary/aromatic N) is 1. The number of hydrogen-bond acceptors (Lipinski definition) is 4. The minimum Gasteiger partial charge on any atom is -0.493 e. The molecule has 4 rings (SSSR count). The first kappa shape index (κ1) is 24.6. The lowest BCUT2D eigenvalue weighted by Gasteiger charge is -2.44. The Balaban J connectivity index is 1.93. The number of rotatable bonds is 4. The van der Waals surface area contributed by atoms with Crippen molar-refractivity contribution in [2.75, 3.05) is 7.11 Å². The van der Waals surface area contributed by atoms with E-state index in [1.807, 2.05) is 0 Å². The summed E-state index contributed by atoms with van der Waals surface area (Å²) in [5, 5.41) is -0.0832. The van der Waals surface area contributed by atoms with Gasteiger partial charge in [0.05, 0.1) is 23.4 Å². The Morgan fingerprint density at radius 1 is 1.23 bits per heavy atom. The van der Waals surface area contributed by atoms with Crippen LogP contribution in [0.1, 0.15) is 59.8 Å². The number of nitrogens with one attached hydrogen (secondary N) is 1. The molecule has 2 aromatic heterocycles. The average molecular weight is 495 g/mol. The number of aromatic nitrogens is 2. The zero-order chi connectivity index (χ0) is 25.7. The minimum atomic E-state index is -4.53. The Labute approximate surface area is 196 Å². The lowest BCUT2D eigenvalue weighted by atomic mass is 9.63. The molecule has 0 aliphatic heterocycles. The molecule has 6 nitrogen and oxygen atoms in total. The van der Waals surface area contributed by atoms with Crippen molar-refractivity contribution in [1.29, 1.82) is 0 Å². The lowest BCUT2D eigenvalue weighted by molar-refractivity contribution is -0.230. The van der Waals surface area contributed by atoms with E-state index in [0.717, 1.165) is 26.2 Å². The summed E-state index contributed by atoms with van der Waals surface area (Å²) >= 11 is 0. The number of carbonyl (C=O) groups excluding carboxylic acids is 1. The number of primary amides is 1. The van der Waals surface area contributed by atoms with Crippen molar-refractivity contribution < 1.29 is 31.5 Å². The van der Waals surface area contributed by atoms with Gasteiger partial charge in [-0.25, -0.2) is 4.39 Å². The summed E-state index contributed by atoms with van der Waals surface area (Å²) in [4.78, 5) is 31.5. The van der Waals surface area contributed by atoms with Crippen LogP contribution in [-0.4, -0.2) is 29.2 Å². The second-order valence-electron chi connectivity index (χ2n) is 9.03. The molecule has 0 bridgehead atoms. The number of benzene rings is 1. The highest BCUT2D eigenvalue weighted by atomic mass is 19.4. The summed E-state index contributed by atoms with van der Waals surface area (Å²) < 4.78 is 75.5. The molecular formula is C24H22F5N3O3. The second-order valence-corrected chi connectivity index (χ2v) is 9.03. The summed E-state index contributed by atoms with van der Waals surface area (Å²) in [5.74, 6) is -5.36. The average Bonchev–Trinajstić information content (AvgIpc) is 2.79. The smallest absolute Gasteiger partial charge is 0.394 e. The summed E-state index contributed by atoms with van der Waals surface area (Å²) in [5.41, 5.74) is 2.85. The minimum absolute atomic E-state index is 0.0228. The number of halogens is 5. The van der Waals surface area contributed by atoms with E-state index in [2.05, 4.69) is 9.97 Å². The predicted octanol–water partition coefficient (Wildman–Crippen LogP) is 4.93. The fourth-order valence-electron chi connectivity index (χ4n) is 5.01. The van der Waals surface area contributed by atoms with Gasteiger partial charge in [0.1, 0.15) is 5.69 Å². The van der Waals surface area contributed by atoms with Crippen molar-refractivity contribution in [1.82, 2.24) is 9.97 Å². The van der Waals surface area contributed by atoms with Crippen LogP contribution >= 0.6 is 0 Å². The monoisotopic (exact) mass is 495 g/mol. The van der Waals surface area contributed by atoms with Crippen molar-refractivity contribution in [3.8, 4) is 5.75 Å². The van der Waals surface area contributed by atoms with E-state index in [9.17, 15) is 31.5 Å². The highest BCUT2D eigenvalue weighted by Crippen LogP contribution is 2.57. The number of aromatic amines is 1. The summed E-state index contributed by atoms with van der Waals surface area (Å²) in [6.07, 6.45) is -3.98. The number of amides is 1. The zero-order valence-electron chi connectivity index (χ0n) is 18.8. The topological polar surface area (TPSA) is 98.1 Å². The van der Waals surface area contributed by atoms with E-state index < -0.39 is 52.8 Å². The van der Waals surface area contributed by atoms with Gasteiger partial charge in [-0.1, -0.05) is 13.0 Å². The SMILES string of the molecule is COc1c([C@@H]2CC[C@@](C)(C(F)(F)F)C[C@H]2c2cc(=O)c3c(C(N)=O)nccc3[nH]2)ccc(F)c1F. The van der Waals surface area contributed by atoms with Crippen molar-refractivity contribution in [3.63, 3.8) is 0 Å². The molecule has 35 heavy (non-hydrogen) atoms. The van der Waals surface area contributed by atoms with Gasteiger partial charge in [-0.15, -0.1) is 0 Å². The normalized spacial score (nSPS) is 22.8. The summed E-state index contributed by atoms with van der Waals surface area (Å²) in [6, 6.07) is 4.71. The zero-order valence-corrected chi connectivity index (χ0v) is 18.8. The van der Waals surface area contributed by atoms with Crippen molar-refractivity contribution in [2.45, 2.75) is 44.2 Å². The molecule has 3 N–H and O–H groups in total. The quantitative estimate of drug-likeness (QED) is 0.502. The molecule has 0 radical (unpaired) electrons. The third kappa shape index (κ3) is 4.12. The number of fused-ring (bicyclic) bond motifs is 1. The van der Waals surface area contributed by atoms with Gasteiger partial charge < -0.3 is 15.5 Å². The van der Waals surface area contributed by atoms with E-state index in [4.69, 9.17) is 10.5 Å². The molecule has 186 valence electrons. The van der Waals surface area contributed by atoms with Crippen molar-refractivity contribution >= 4 is 16.8 Å². The number of pyridine rings is 2. The van der Waals surface area contributed by atoms with Gasteiger partial charge in [-0.05, 0) is 37.3 Å². The van der Waals surface area contributed by atoms with E-state index in [-0.39, 0.29) is 46.4 Å². The molecule has 11 heteroatoms. The Morgan fingerprint density at radius 3 is 2.57 bits per heavy atom. The summed E-state index contributed by atoms with van der Waals surface area (Å²) in [7, 11) is 1.15. The van der Waals surface area contributed by atoms with Crippen molar-refractivity contribution in [3.05, 3.63) is 69.3 Å². The van der Waals surface area contributed by atoms with Crippen LogP contribution in [0.3, 0.4) is 0 Å². The fraction of sp³-hybridized carbons (Fsp3) is 0.375. The Bertz CT molecular complexity index is 1370. The van der Waals surface area contributed by atoms with Crippen LogP contribution in [0.2, 0.25) is 0 Å². The van der Waals surface area contributed by atoms with Gasteiger partial charge in [0.25, 0.3) is 5.91 Å². The van der Waals surface area contributed by atoms with E-state index >= 15 is 0 Å². The Morgan fingerprint density at radius 2 is 1.94 bits per heavy atom. The van der Waals surface area contributed by atoms with Crippen LogP contribution < -0.4 is 15.9 Å². The maximum absolute atomic E-state index is 14.5. The largest absolute Gasteiger partial charge is 0.493 e. The fourth-order valence-corrected chi connectivity index (χ4v) is 5.01. The molecule has 3 atom stereocenters. The number of alkyl halides is 3. The molecule has 1 aliphatic carbocycles. The molecule has 0 spiro atoms. The number of hydrogen-bond donors (Lipinski definition) is 2. The Kier molecular flexibility index (Phi) is 6.06. The lowest BCUT2D eigenvalue weighted by Crippen LogP contribution is -2.41. The molecule has 1 aliphatic rings. The first-order valence-electron chi connectivity index (χ1n) is 10.8. The van der Waals surface area contributed by atoms with E-state index in [1.54, 1.807) is 0 Å². The van der Waals surface area contributed by atoms with Gasteiger partial charge in [0.2, 0.25) is 5.82 Å². The van der Waals surface area contributed by atoms with E-state index in [1.165, 1.54) is 18.3 Å². The van der Waals surface area contributed by atoms with Crippen molar-refractivity contribution in [2.24, 2.45) is 11.1 Å². The number of carbonyl (C=O) groups is 1. The van der Waals surface area contributed by atoms with Gasteiger partial charge in [-0.2, -0.15) is 17.6 Å². The van der Waals surface area contributed by atoms with Crippen LogP contribution in [0.5, 0.6) is 5.75 Å². The van der Waals surface area contributed by atoms with Crippen LogP contribution in [0, 0.1) is 17.0 Å². The highest BCUT2D eigenvalue weighted by molar-refractivity contribution is 6.03. The molecular weight excluding hydrogens is 473 g/mol. The van der Waals surface area contributed by atoms with Crippen LogP contribution in [-0.2, 0) is 0 Å². The molecule has 1 amide bonds. The first-order chi connectivity index (χ1) is 16.4. The third-order valence-corrected chi connectivity index (χ3v) is 6.93. The van der Waals surface area contributed by atoms with Gasteiger partial charge in [0, 0.05) is 29.4 Å². The van der Waals surface area contributed by atoms with Crippen LogP contribution in [0.25, 0.3) is 10.9 Å². The number of ether oxygens (including phenoxy) is 1. The van der Waals surface area contributed by atoms with Crippen LogP contribution in [0.4, 0.5) is 22.0 Å². The predicted molar refractivity (Wildman–Crippen MR) is 117 cm³/mol. The maximum Gasteiger partial charge on any atom is 0.394 e. The van der Waals surface area contributed by atoms with Crippen LogP contribution in [0.15, 0.2) is 35.3 Å². The van der Waals surface area contributed by atoms with Gasteiger partial charge in [0.15, 0.2) is 17.0 Å². The number of nitrogens with two attached hydrogens (primary N) is 1. The molecule has 1 aromatic carbocycles. The Hall–Kier alpha value is -3.50. The molecule has 0 unspecified atom stereocenters. The molecule has 2 heterocycles. The standard InChI is InChI=1S/C24H22F5N3O3/c1-23(24(27,28)29)7-5-11(12-3-4-14(25)19(26)21(12)35-2)13(10-23)16-9-17(33)18-15(32-16)6-8-31-20(18)22(30)34/h3-4,6,8-9,11,13H,5,7,10H2,1-2H3,(H2,30,34)(H,32,33)/t11-,13+,23+/m0/s1. The molecule has 3 aromatic rings. The maximum atomic E-state index is 14.5. The summed E-state index contributed by atoms with van der Waals surface area (Å²) in [6.45, 7) is 1.10. The van der Waals surface area contributed by atoms with E-state index in [0.29, 0.717) is 0 Å². The number of methoxy groups -OCH3 is 1. The molecule has 1 saturated carbocycles. The first-order valence-corrected chi connectivity index (χ1v) is 10.8. The number of H-pyrrole nitrogens is 1.